The Hall–Kier alpha value is -2.16. The van der Waals surface area contributed by atoms with Crippen LogP contribution in [0.5, 0.6) is 0 Å². The van der Waals surface area contributed by atoms with Gasteiger partial charge in [0.1, 0.15) is 18.3 Å². The molecule has 3 nitrogen and oxygen atoms in total. The van der Waals surface area contributed by atoms with Gasteiger partial charge >= 0.3 is 0 Å². The van der Waals surface area contributed by atoms with Crippen LogP contribution in [0.1, 0.15) is 12.5 Å². The predicted molar refractivity (Wildman–Crippen MR) is 71.6 cm³/mol. The van der Waals surface area contributed by atoms with Gasteiger partial charge in [-0.05, 0) is 23.8 Å². The summed E-state index contributed by atoms with van der Waals surface area (Å²) >= 11 is 0. The molecule has 0 amide bonds. The number of benzene rings is 2. The minimum atomic E-state index is 0.515. The summed E-state index contributed by atoms with van der Waals surface area (Å²) in [5.41, 5.74) is 1.11. The van der Waals surface area contributed by atoms with Crippen molar-refractivity contribution in [2.45, 2.75) is 6.92 Å². The van der Waals surface area contributed by atoms with E-state index in [9.17, 15) is 0 Å². The number of aliphatic imine (C=N–C) groups is 2. The lowest BCUT2D eigenvalue weighted by molar-refractivity contribution is 0.998. The number of nitrogens with zero attached hydrogens (tertiary/aromatic N) is 2. The zero-order chi connectivity index (χ0) is 11.7. The number of rotatable bonds is 1. The second kappa shape index (κ2) is 4.01. The molecule has 3 heteroatoms. The van der Waals surface area contributed by atoms with Gasteiger partial charge in [-0.1, -0.05) is 36.4 Å². The molecular formula is C14H13N3. The molecule has 1 aliphatic heterocycles. The average molecular weight is 223 g/mol. The molecule has 84 valence electrons. The summed E-state index contributed by atoms with van der Waals surface area (Å²) < 4.78 is 0. The van der Waals surface area contributed by atoms with Crippen LogP contribution in [0.25, 0.3) is 10.8 Å². The molecular weight excluding hydrogens is 210 g/mol. The predicted octanol–water partition coefficient (Wildman–Crippen LogP) is 2.57. The van der Waals surface area contributed by atoms with Gasteiger partial charge in [0.15, 0.2) is 0 Å². The molecule has 0 unspecified atom stereocenters. The van der Waals surface area contributed by atoms with Crippen LogP contribution in [0, 0.1) is 0 Å². The highest BCUT2D eigenvalue weighted by Crippen LogP contribution is 2.16. The normalized spacial score (nSPS) is 15.1. The SMILES string of the molecule is CC1=NCN=C(c2ccc3ccccc3c2)N1. The molecule has 0 bridgehead atoms. The van der Waals surface area contributed by atoms with Gasteiger partial charge < -0.3 is 5.32 Å². The number of amidine groups is 2. The van der Waals surface area contributed by atoms with Crippen molar-refractivity contribution in [3.05, 3.63) is 48.0 Å². The zero-order valence-electron chi connectivity index (χ0n) is 9.64. The highest BCUT2D eigenvalue weighted by molar-refractivity contribution is 6.11. The third-order valence-corrected chi connectivity index (χ3v) is 2.86. The molecule has 17 heavy (non-hydrogen) atoms. The number of hydrogen-bond acceptors (Lipinski definition) is 3. The largest absolute Gasteiger partial charge is 0.329 e. The summed E-state index contributed by atoms with van der Waals surface area (Å²) in [5, 5.41) is 5.68. The van der Waals surface area contributed by atoms with E-state index in [-0.39, 0.29) is 0 Å². The molecule has 0 aliphatic carbocycles. The van der Waals surface area contributed by atoms with E-state index in [1.165, 1.54) is 10.8 Å². The van der Waals surface area contributed by atoms with Crippen molar-refractivity contribution in [3.63, 3.8) is 0 Å². The minimum absolute atomic E-state index is 0.515. The molecule has 0 spiro atoms. The molecule has 0 aromatic heterocycles. The molecule has 0 atom stereocenters. The smallest absolute Gasteiger partial charge is 0.135 e. The average Bonchev–Trinajstić information content (AvgIpc) is 2.38. The Kier molecular flexibility index (Phi) is 2.37. The van der Waals surface area contributed by atoms with Gasteiger partial charge in [-0.3, -0.25) is 0 Å². The summed E-state index contributed by atoms with van der Waals surface area (Å²) in [5.74, 6) is 1.83. The Balaban J connectivity index is 2.04. The lowest BCUT2D eigenvalue weighted by atomic mass is 10.1. The number of hydrogen-bond donors (Lipinski definition) is 1. The minimum Gasteiger partial charge on any atom is -0.329 e. The van der Waals surface area contributed by atoms with Gasteiger partial charge in [-0.25, -0.2) is 9.98 Å². The van der Waals surface area contributed by atoms with E-state index >= 15 is 0 Å². The first-order chi connectivity index (χ1) is 8.33. The molecule has 0 saturated heterocycles. The number of nitrogens with one attached hydrogen (secondary N) is 1. The van der Waals surface area contributed by atoms with E-state index < -0.39 is 0 Å². The summed E-state index contributed by atoms with van der Waals surface area (Å²) in [4.78, 5) is 8.56. The van der Waals surface area contributed by atoms with Crippen LogP contribution < -0.4 is 5.32 Å². The molecule has 0 radical (unpaired) electrons. The molecule has 1 aliphatic rings. The fraction of sp³-hybridized carbons (Fsp3) is 0.143. The van der Waals surface area contributed by atoms with Crippen molar-refractivity contribution in [2.24, 2.45) is 9.98 Å². The van der Waals surface area contributed by atoms with Crippen LogP contribution in [0.15, 0.2) is 52.4 Å². The van der Waals surface area contributed by atoms with Crippen LogP contribution >= 0.6 is 0 Å². The highest BCUT2D eigenvalue weighted by atomic mass is 15.1. The van der Waals surface area contributed by atoms with Crippen molar-refractivity contribution in [2.75, 3.05) is 6.67 Å². The molecule has 0 fully saturated rings. The van der Waals surface area contributed by atoms with Crippen molar-refractivity contribution < 1.29 is 0 Å². The summed E-state index contributed by atoms with van der Waals surface area (Å²) in [7, 11) is 0. The molecule has 0 saturated carbocycles. The third kappa shape index (κ3) is 1.91. The third-order valence-electron chi connectivity index (χ3n) is 2.86. The fourth-order valence-electron chi connectivity index (χ4n) is 1.96. The Morgan fingerprint density at radius 1 is 1.00 bits per heavy atom. The maximum absolute atomic E-state index is 4.37. The summed E-state index contributed by atoms with van der Waals surface area (Å²) in [6, 6.07) is 14.7. The first kappa shape index (κ1) is 10.0. The summed E-state index contributed by atoms with van der Waals surface area (Å²) in [6.45, 7) is 2.47. The van der Waals surface area contributed by atoms with Crippen molar-refractivity contribution in [1.29, 1.82) is 0 Å². The van der Waals surface area contributed by atoms with E-state index in [1.807, 2.05) is 6.92 Å². The van der Waals surface area contributed by atoms with Crippen LogP contribution in [0.3, 0.4) is 0 Å². The first-order valence-corrected chi connectivity index (χ1v) is 5.65. The van der Waals surface area contributed by atoms with E-state index in [0.29, 0.717) is 6.67 Å². The highest BCUT2D eigenvalue weighted by Gasteiger charge is 2.07. The van der Waals surface area contributed by atoms with Crippen LogP contribution in [0.2, 0.25) is 0 Å². The topological polar surface area (TPSA) is 36.8 Å². The van der Waals surface area contributed by atoms with Crippen molar-refractivity contribution in [1.82, 2.24) is 5.32 Å². The molecule has 2 aromatic carbocycles. The standard InChI is InChI=1S/C14H13N3/c1-10-15-9-16-14(17-10)13-7-6-11-4-2-3-5-12(11)8-13/h2-8H,9H2,1H3,(H,15,16,17). The second-order valence-corrected chi connectivity index (χ2v) is 4.08. The van der Waals surface area contributed by atoms with Crippen molar-refractivity contribution >= 4 is 22.4 Å². The van der Waals surface area contributed by atoms with Gasteiger partial charge in [-0.15, -0.1) is 0 Å². The molecule has 2 aromatic rings. The van der Waals surface area contributed by atoms with Crippen LogP contribution in [-0.2, 0) is 0 Å². The quantitative estimate of drug-likeness (QED) is 0.792. The van der Waals surface area contributed by atoms with Crippen LogP contribution in [-0.4, -0.2) is 18.3 Å². The second-order valence-electron chi connectivity index (χ2n) is 4.08. The maximum atomic E-state index is 4.37. The Morgan fingerprint density at radius 3 is 2.65 bits per heavy atom. The first-order valence-electron chi connectivity index (χ1n) is 5.65. The molecule has 1 N–H and O–H groups in total. The van der Waals surface area contributed by atoms with E-state index in [0.717, 1.165) is 17.2 Å². The Morgan fingerprint density at radius 2 is 1.82 bits per heavy atom. The zero-order valence-corrected chi connectivity index (χ0v) is 9.64. The van der Waals surface area contributed by atoms with Gasteiger partial charge in [0.25, 0.3) is 0 Å². The monoisotopic (exact) mass is 223 g/mol. The fourth-order valence-corrected chi connectivity index (χ4v) is 1.96. The summed E-state index contributed by atoms with van der Waals surface area (Å²) in [6.07, 6.45) is 0. The van der Waals surface area contributed by atoms with Gasteiger partial charge in [0.05, 0.1) is 0 Å². The number of fused-ring (bicyclic) bond motifs is 1. The van der Waals surface area contributed by atoms with Crippen molar-refractivity contribution in [3.8, 4) is 0 Å². The van der Waals surface area contributed by atoms with E-state index in [1.54, 1.807) is 0 Å². The molecule has 3 rings (SSSR count). The lowest BCUT2D eigenvalue weighted by Gasteiger charge is -2.14. The maximum Gasteiger partial charge on any atom is 0.135 e. The van der Waals surface area contributed by atoms with Gasteiger partial charge in [0, 0.05) is 5.56 Å². The Bertz CT molecular complexity index is 626. The molecule has 1 heterocycles. The lowest BCUT2D eigenvalue weighted by Crippen LogP contribution is -2.32. The van der Waals surface area contributed by atoms with E-state index in [2.05, 4.69) is 57.8 Å². The van der Waals surface area contributed by atoms with Gasteiger partial charge in [-0.2, -0.15) is 0 Å². The Labute approximate surface area is 99.9 Å². The van der Waals surface area contributed by atoms with Gasteiger partial charge in [0.2, 0.25) is 0 Å². The van der Waals surface area contributed by atoms with E-state index in [4.69, 9.17) is 0 Å². The van der Waals surface area contributed by atoms with Crippen LogP contribution in [0.4, 0.5) is 0 Å².